The molecule has 0 bridgehead atoms. The Labute approximate surface area is 215 Å². The van der Waals surface area contributed by atoms with Gasteiger partial charge in [0.1, 0.15) is 11.5 Å². The number of benzene rings is 4. The Morgan fingerprint density at radius 3 is 1.05 bits per heavy atom. The fourth-order valence-electron chi connectivity index (χ4n) is 3.15. The zero-order valence-electron chi connectivity index (χ0n) is 19.5. The molecule has 4 rings (SSSR count). The van der Waals surface area contributed by atoms with E-state index in [1.165, 1.54) is 24.3 Å². The van der Waals surface area contributed by atoms with Gasteiger partial charge in [-0.2, -0.15) is 37.3 Å². The molecule has 0 N–H and O–H groups in total. The van der Waals surface area contributed by atoms with Crippen molar-refractivity contribution in [2.45, 2.75) is 11.5 Å². The zero-order valence-corrected chi connectivity index (χ0v) is 21.1. The number of nitrogens with zero attached hydrogens (tertiary/aromatic N) is 4. The lowest BCUT2D eigenvalue weighted by atomic mass is 10.2. The molecule has 0 fully saturated rings. The van der Waals surface area contributed by atoms with E-state index < -0.39 is 31.7 Å². The van der Waals surface area contributed by atoms with Crippen LogP contribution in [0.3, 0.4) is 0 Å². The van der Waals surface area contributed by atoms with E-state index in [0.717, 1.165) is 0 Å². The first-order valence-electron chi connectivity index (χ1n) is 11.0. The van der Waals surface area contributed by atoms with Crippen molar-refractivity contribution in [1.82, 2.24) is 0 Å². The maximum Gasteiger partial charge on any atom is 0.286 e. The lowest BCUT2D eigenvalue weighted by Crippen LogP contribution is -2.17. The topological polar surface area (TPSA) is 127 Å². The average molecular weight is 535 g/mol. The van der Waals surface area contributed by atoms with Gasteiger partial charge in [0.15, 0.2) is 0 Å². The van der Waals surface area contributed by atoms with Crippen LogP contribution in [0.1, 0.15) is 11.1 Å². The Morgan fingerprint density at radius 2 is 0.730 bits per heavy atom. The van der Waals surface area contributed by atoms with E-state index >= 15 is 0 Å². The molecule has 0 atom stereocenters. The van der Waals surface area contributed by atoms with Crippen molar-refractivity contribution in [1.29, 1.82) is 0 Å². The second-order valence-corrected chi connectivity index (χ2v) is 11.2. The molecule has 0 spiro atoms. The Balaban J connectivity index is 1.33. The van der Waals surface area contributed by atoms with Gasteiger partial charge in [-0.25, -0.2) is 0 Å². The molecule has 4 aromatic rings. The molecule has 0 amide bonds. The van der Waals surface area contributed by atoms with Crippen molar-refractivity contribution in [2.75, 3.05) is 0 Å². The van der Waals surface area contributed by atoms with Crippen LogP contribution in [0.2, 0.25) is 0 Å². The Bertz CT molecular complexity index is 1470. The highest BCUT2D eigenvalue weighted by Gasteiger charge is 2.24. The van der Waals surface area contributed by atoms with E-state index in [9.17, 15) is 16.8 Å². The van der Waals surface area contributed by atoms with E-state index in [-0.39, 0.29) is 0 Å². The number of hydrogen-bond donors (Lipinski definition) is 0. The van der Waals surface area contributed by atoms with Gasteiger partial charge in [0, 0.05) is 0 Å². The summed E-state index contributed by atoms with van der Waals surface area (Å²) >= 11 is 0. The van der Waals surface area contributed by atoms with Crippen LogP contribution in [0, 0.1) is 0 Å². The van der Waals surface area contributed by atoms with E-state index in [1.54, 1.807) is 48.5 Å². The van der Waals surface area contributed by atoms with E-state index in [0.29, 0.717) is 33.9 Å². The first kappa shape index (κ1) is 26.0. The van der Waals surface area contributed by atoms with Crippen LogP contribution in [-0.4, -0.2) is 16.8 Å². The molecule has 0 radical (unpaired) electrons. The minimum Gasteiger partial charge on any atom is -0.198 e. The van der Waals surface area contributed by atoms with Gasteiger partial charge in [-0.05, 0) is 59.7 Å². The third-order valence-corrected chi connectivity index (χ3v) is 7.87. The summed E-state index contributed by atoms with van der Waals surface area (Å²) in [7, 11) is -8.81. The summed E-state index contributed by atoms with van der Waals surface area (Å²) in [5.41, 5.74) is 3.09. The minimum absolute atomic E-state index is 0.349. The molecule has 0 aliphatic heterocycles. The molecule has 0 unspecified atom stereocenters. The molecule has 0 aliphatic carbocycles. The predicted octanol–water partition coefficient (Wildman–Crippen LogP) is 6.89. The van der Waals surface area contributed by atoms with Gasteiger partial charge in [0.25, 0.3) is 20.2 Å². The fourth-order valence-corrected chi connectivity index (χ4v) is 6.00. The summed E-state index contributed by atoms with van der Waals surface area (Å²) in [5, 5.41) is 16.4. The quantitative estimate of drug-likeness (QED) is 0.205. The Morgan fingerprint density at radius 1 is 0.432 bits per heavy atom. The molecule has 0 aromatic heterocycles. The van der Waals surface area contributed by atoms with Crippen molar-refractivity contribution in [3.05, 3.63) is 120 Å². The summed E-state index contributed by atoms with van der Waals surface area (Å²) in [6, 6.07) is 30.7. The van der Waals surface area contributed by atoms with Gasteiger partial charge < -0.3 is 0 Å². The van der Waals surface area contributed by atoms with Crippen molar-refractivity contribution in [3.8, 4) is 0 Å². The highest BCUT2D eigenvalue weighted by atomic mass is 32.3. The maximum absolute atomic E-state index is 12.4. The lowest BCUT2D eigenvalue weighted by molar-refractivity contribution is 0.460. The molecule has 0 heterocycles. The van der Waals surface area contributed by atoms with Crippen molar-refractivity contribution in [2.24, 2.45) is 20.5 Å². The van der Waals surface area contributed by atoms with Crippen LogP contribution in [0.25, 0.3) is 0 Å². The molecular weight excluding hydrogens is 512 g/mol. The van der Waals surface area contributed by atoms with Crippen LogP contribution in [0.15, 0.2) is 130 Å². The smallest absolute Gasteiger partial charge is 0.198 e. The van der Waals surface area contributed by atoms with Gasteiger partial charge >= 0.3 is 0 Å². The average Bonchev–Trinajstić information content (AvgIpc) is 2.88. The molecule has 11 heteroatoms. The van der Waals surface area contributed by atoms with Crippen molar-refractivity contribution in [3.63, 3.8) is 0 Å². The van der Waals surface area contributed by atoms with Crippen LogP contribution in [0.5, 0.6) is 0 Å². The monoisotopic (exact) mass is 534 g/mol. The van der Waals surface area contributed by atoms with E-state index in [1.807, 2.05) is 36.4 Å². The molecule has 37 heavy (non-hydrogen) atoms. The molecule has 4 aromatic carbocycles. The molecule has 0 saturated heterocycles. The Hall–Kier alpha value is -4.06. The fraction of sp³-hybridized carbons (Fsp3) is 0.0769. The normalized spacial score (nSPS) is 12.3. The third kappa shape index (κ3) is 8.53. The minimum atomic E-state index is -4.40. The first-order valence-corrected chi connectivity index (χ1v) is 14.2. The summed E-state index contributed by atoms with van der Waals surface area (Å²) < 4.78 is 54.2. The highest BCUT2D eigenvalue weighted by Crippen LogP contribution is 2.22. The van der Waals surface area contributed by atoms with Crippen LogP contribution in [-0.2, 0) is 35.4 Å². The van der Waals surface area contributed by atoms with Crippen molar-refractivity contribution >= 4 is 43.0 Å². The number of hydrogen-bond acceptors (Lipinski definition) is 9. The summed E-state index contributed by atoms with van der Waals surface area (Å²) in [5.74, 6) is -1.22. The number of azo groups is 2. The van der Waals surface area contributed by atoms with Crippen LogP contribution in [0.4, 0.5) is 22.7 Å². The highest BCUT2D eigenvalue weighted by molar-refractivity contribution is 7.99. The first-order chi connectivity index (χ1) is 17.8. The molecule has 9 nitrogen and oxygen atoms in total. The van der Waals surface area contributed by atoms with Crippen LogP contribution >= 0.6 is 0 Å². The van der Waals surface area contributed by atoms with E-state index in [4.69, 9.17) is 0 Å². The summed E-state index contributed by atoms with van der Waals surface area (Å²) in [6.07, 6.45) is 0. The molecular formula is C26H22N4O5S2. The van der Waals surface area contributed by atoms with Gasteiger partial charge in [0.05, 0.1) is 22.7 Å². The van der Waals surface area contributed by atoms with Gasteiger partial charge in [-0.1, -0.05) is 60.7 Å². The zero-order chi connectivity index (χ0) is 26.1. The van der Waals surface area contributed by atoms with Gasteiger partial charge in [-0.15, -0.1) is 3.63 Å². The van der Waals surface area contributed by atoms with Crippen LogP contribution < -0.4 is 0 Å². The van der Waals surface area contributed by atoms with Gasteiger partial charge in [-0.3, -0.25) is 0 Å². The molecule has 188 valence electrons. The molecule has 0 aliphatic rings. The second-order valence-electron chi connectivity index (χ2n) is 7.88. The second kappa shape index (κ2) is 11.8. The lowest BCUT2D eigenvalue weighted by Gasteiger charge is -2.07. The summed E-state index contributed by atoms with van der Waals surface area (Å²) in [4.78, 5) is 0. The SMILES string of the molecule is O=S(=O)(Cc1ccc(N=Nc2ccccc2)cc1)OS(=O)(=O)Cc1ccc(N=Nc2ccccc2)cc1. The van der Waals surface area contributed by atoms with Crippen molar-refractivity contribution < 1.29 is 20.5 Å². The van der Waals surface area contributed by atoms with Gasteiger partial charge in [0.2, 0.25) is 0 Å². The predicted molar refractivity (Wildman–Crippen MR) is 140 cm³/mol. The molecule has 0 saturated carbocycles. The van der Waals surface area contributed by atoms with E-state index in [2.05, 4.69) is 24.1 Å². The third-order valence-electron chi connectivity index (χ3n) is 4.84. The number of rotatable bonds is 10. The maximum atomic E-state index is 12.4. The largest absolute Gasteiger partial charge is 0.286 e. The standard InChI is InChI=1S/C26H22N4O5S2/c31-36(32,19-21-11-15-25(16-12-21)29-27-23-7-3-1-4-8-23)35-37(33,34)20-22-13-17-26(18-14-22)30-28-24-9-5-2-6-10-24/h1-18H,19-20H2. The summed E-state index contributed by atoms with van der Waals surface area (Å²) in [6.45, 7) is 0. The Kier molecular flexibility index (Phi) is 8.29.